The molecule has 0 unspecified atom stereocenters. The first-order chi connectivity index (χ1) is 7.09. The molecule has 1 rings (SSSR count). The minimum atomic E-state index is -0.338. The van der Waals surface area contributed by atoms with Crippen LogP contribution in [0.2, 0.25) is 0 Å². The van der Waals surface area contributed by atoms with Gasteiger partial charge < -0.3 is 5.32 Å². The number of nitrogens with zero attached hydrogens (tertiary/aromatic N) is 1. The zero-order chi connectivity index (χ0) is 11.3. The largest absolute Gasteiger partial charge is 0.347 e. The highest BCUT2D eigenvalue weighted by atomic mass is 16.6. The topological polar surface area (TPSA) is 72.2 Å². The van der Waals surface area contributed by atoms with Crippen LogP contribution in [0.15, 0.2) is 0 Å². The van der Waals surface area contributed by atoms with E-state index in [0.29, 0.717) is 0 Å². The van der Waals surface area contributed by atoms with Crippen molar-refractivity contribution < 1.29 is 9.72 Å². The summed E-state index contributed by atoms with van der Waals surface area (Å²) in [6.45, 7) is 1.26. The summed E-state index contributed by atoms with van der Waals surface area (Å²) in [5.41, 5.74) is 0. The molecule has 1 aliphatic rings. The molecule has 0 aliphatic heterocycles. The lowest BCUT2D eigenvalue weighted by atomic mass is 9.84. The molecule has 0 saturated heterocycles. The van der Waals surface area contributed by atoms with Gasteiger partial charge in [0, 0.05) is 11.8 Å². The Bertz CT molecular complexity index is 221. The molecule has 0 aromatic heterocycles. The average molecular weight is 214 g/mol. The molecular weight excluding hydrogens is 196 g/mol. The minimum Gasteiger partial charge on any atom is -0.347 e. The number of carbonyl (C=O) groups excluding carboxylic acids is 1. The normalized spacial score (nSPS) is 19.5. The van der Waals surface area contributed by atoms with Gasteiger partial charge in [-0.25, -0.2) is 0 Å². The first kappa shape index (κ1) is 11.9. The summed E-state index contributed by atoms with van der Waals surface area (Å²) in [6, 6.07) is -0.280. The van der Waals surface area contributed by atoms with E-state index in [1.807, 2.05) is 0 Å². The molecule has 5 heteroatoms. The molecule has 1 amide bonds. The molecule has 86 valence electrons. The average Bonchev–Trinajstić information content (AvgIpc) is 2.17. The molecule has 15 heavy (non-hydrogen) atoms. The molecule has 0 heterocycles. The lowest BCUT2D eigenvalue weighted by molar-refractivity contribution is -0.485. The van der Waals surface area contributed by atoms with E-state index in [4.69, 9.17) is 0 Å². The monoisotopic (exact) mass is 214 g/mol. The summed E-state index contributed by atoms with van der Waals surface area (Å²) in [5, 5.41) is 13.2. The maximum absolute atomic E-state index is 10.9. The van der Waals surface area contributed by atoms with Gasteiger partial charge in [0.25, 0.3) is 0 Å². The third-order valence-corrected chi connectivity index (χ3v) is 2.95. The van der Waals surface area contributed by atoms with Crippen molar-refractivity contribution in [1.82, 2.24) is 5.32 Å². The molecule has 0 radical (unpaired) electrons. The van der Waals surface area contributed by atoms with E-state index in [0.717, 1.165) is 25.7 Å². The first-order valence-corrected chi connectivity index (χ1v) is 5.48. The van der Waals surface area contributed by atoms with Crippen molar-refractivity contribution in [1.29, 1.82) is 0 Å². The zero-order valence-corrected chi connectivity index (χ0v) is 9.07. The molecule has 5 nitrogen and oxygen atoms in total. The summed E-state index contributed by atoms with van der Waals surface area (Å²) in [5.74, 6) is 0.112. The highest BCUT2D eigenvalue weighted by molar-refractivity contribution is 5.73. The third kappa shape index (κ3) is 4.27. The third-order valence-electron chi connectivity index (χ3n) is 2.95. The predicted molar refractivity (Wildman–Crippen MR) is 56.0 cm³/mol. The van der Waals surface area contributed by atoms with Crippen LogP contribution in [0.1, 0.15) is 39.0 Å². The van der Waals surface area contributed by atoms with Crippen LogP contribution < -0.4 is 5.32 Å². The van der Waals surface area contributed by atoms with E-state index in [-0.39, 0.29) is 29.3 Å². The molecule has 0 spiro atoms. The van der Waals surface area contributed by atoms with Gasteiger partial charge >= 0.3 is 0 Å². The van der Waals surface area contributed by atoms with Crippen LogP contribution in [0, 0.1) is 16.0 Å². The van der Waals surface area contributed by atoms with Gasteiger partial charge in [0.1, 0.15) is 0 Å². The Hall–Kier alpha value is -1.13. The SMILES string of the molecule is CC(=O)N[C@H](C[N+](=O)[O-])C1CCCCC1. The quantitative estimate of drug-likeness (QED) is 0.567. The number of nitrogens with one attached hydrogen (secondary N) is 1. The number of nitro groups is 1. The van der Waals surface area contributed by atoms with Gasteiger partial charge in [-0.05, 0) is 18.8 Å². The van der Waals surface area contributed by atoms with Gasteiger partial charge in [-0.1, -0.05) is 19.3 Å². The van der Waals surface area contributed by atoms with Crippen LogP contribution in [0.3, 0.4) is 0 Å². The fourth-order valence-corrected chi connectivity index (χ4v) is 2.27. The van der Waals surface area contributed by atoms with Crippen LogP contribution in [0.25, 0.3) is 0 Å². The molecule has 0 aromatic rings. The zero-order valence-electron chi connectivity index (χ0n) is 9.07. The van der Waals surface area contributed by atoms with Crippen molar-refractivity contribution in [3.8, 4) is 0 Å². The van der Waals surface area contributed by atoms with E-state index < -0.39 is 0 Å². The standard InChI is InChI=1S/C10H18N2O3/c1-8(13)11-10(7-12(14)15)9-5-3-2-4-6-9/h9-10H,2-7H2,1H3,(H,11,13)/t10-/m1/s1. The Kier molecular flexibility index (Phi) is 4.52. The van der Waals surface area contributed by atoms with Crippen molar-refractivity contribution in [3.63, 3.8) is 0 Å². The second-order valence-electron chi connectivity index (χ2n) is 4.22. The maximum Gasteiger partial charge on any atom is 0.224 e. The summed E-state index contributed by atoms with van der Waals surface area (Å²) in [7, 11) is 0. The van der Waals surface area contributed by atoms with E-state index in [1.165, 1.54) is 13.3 Å². The number of hydrogen-bond donors (Lipinski definition) is 1. The van der Waals surface area contributed by atoms with Crippen molar-refractivity contribution in [3.05, 3.63) is 10.1 Å². The Balaban J connectivity index is 2.52. The fraction of sp³-hybridized carbons (Fsp3) is 0.900. The molecule has 1 fully saturated rings. The molecule has 1 saturated carbocycles. The van der Waals surface area contributed by atoms with Crippen molar-refractivity contribution in [2.45, 2.75) is 45.1 Å². The van der Waals surface area contributed by atoms with Crippen LogP contribution in [0.4, 0.5) is 0 Å². The van der Waals surface area contributed by atoms with E-state index in [9.17, 15) is 14.9 Å². The molecular formula is C10H18N2O3. The second kappa shape index (κ2) is 5.68. The van der Waals surface area contributed by atoms with E-state index in [1.54, 1.807) is 0 Å². The van der Waals surface area contributed by atoms with E-state index in [2.05, 4.69) is 5.32 Å². The Morgan fingerprint density at radius 1 is 1.47 bits per heavy atom. The Morgan fingerprint density at radius 2 is 2.07 bits per heavy atom. The first-order valence-electron chi connectivity index (χ1n) is 5.48. The molecule has 1 N–H and O–H groups in total. The minimum absolute atomic E-state index is 0.149. The Morgan fingerprint density at radius 3 is 2.53 bits per heavy atom. The van der Waals surface area contributed by atoms with Gasteiger partial charge in [0.15, 0.2) is 0 Å². The second-order valence-corrected chi connectivity index (χ2v) is 4.22. The molecule has 1 aliphatic carbocycles. The molecule has 0 aromatic carbocycles. The fourth-order valence-electron chi connectivity index (χ4n) is 2.27. The smallest absolute Gasteiger partial charge is 0.224 e. The van der Waals surface area contributed by atoms with Gasteiger partial charge in [0.05, 0.1) is 6.04 Å². The van der Waals surface area contributed by atoms with Gasteiger partial charge in [-0.2, -0.15) is 0 Å². The number of carbonyl (C=O) groups is 1. The summed E-state index contributed by atoms with van der Waals surface area (Å²) < 4.78 is 0. The number of amides is 1. The van der Waals surface area contributed by atoms with Crippen LogP contribution >= 0.6 is 0 Å². The van der Waals surface area contributed by atoms with Gasteiger partial charge in [0.2, 0.25) is 12.5 Å². The number of hydrogen-bond acceptors (Lipinski definition) is 3. The van der Waals surface area contributed by atoms with Crippen molar-refractivity contribution in [2.24, 2.45) is 5.92 Å². The highest BCUT2D eigenvalue weighted by Crippen LogP contribution is 2.26. The van der Waals surface area contributed by atoms with Crippen LogP contribution in [0.5, 0.6) is 0 Å². The van der Waals surface area contributed by atoms with Crippen LogP contribution in [-0.2, 0) is 4.79 Å². The Labute approximate surface area is 89.4 Å². The number of rotatable bonds is 4. The summed E-state index contributed by atoms with van der Waals surface area (Å²) in [6.07, 6.45) is 5.45. The lowest BCUT2D eigenvalue weighted by Crippen LogP contribution is -2.44. The highest BCUT2D eigenvalue weighted by Gasteiger charge is 2.27. The van der Waals surface area contributed by atoms with Gasteiger partial charge in [-0.15, -0.1) is 0 Å². The summed E-state index contributed by atoms with van der Waals surface area (Å²) in [4.78, 5) is 21.1. The molecule has 1 atom stereocenters. The van der Waals surface area contributed by atoms with Gasteiger partial charge in [-0.3, -0.25) is 14.9 Å². The van der Waals surface area contributed by atoms with E-state index >= 15 is 0 Å². The maximum atomic E-state index is 10.9. The predicted octanol–water partition coefficient (Wildman–Crippen LogP) is 1.35. The lowest BCUT2D eigenvalue weighted by Gasteiger charge is -2.27. The van der Waals surface area contributed by atoms with Crippen molar-refractivity contribution >= 4 is 5.91 Å². The molecule has 0 bridgehead atoms. The summed E-state index contributed by atoms with van der Waals surface area (Å²) >= 11 is 0. The van der Waals surface area contributed by atoms with Crippen LogP contribution in [-0.4, -0.2) is 23.4 Å². The van der Waals surface area contributed by atoms with Crippen molar-refractivity contribution in [2.75, 3.05) is 6.54 Å².